The van der Waals surface area contributed by atoms with Crippen LogP contribution in [0.25, 0.3) is 11.4 Å². The first-order valence-electron chi connectivity index (χ1n) is 10.0. The summed E-state index contributed by atoms with van der Waals surface area (Å²) < 4.78 is 8.03. The van der Waals surface area contributed by atoms with E-state index in [9.17, 15) is 14.7 Å². The minimum absolute atomic E-state index is 0.0643. The van der Waals surface area contributed by atoms with Gasteiger partial charge >= 0.3 is 0 Å². The molecule has 0 fully saturated rings. The van der Waals surface area contributed by atoms with E-state index >= 15 is 0 Å². The van der Waals surface area contributed by atoms with Gasteiger partial charge in [0.05, 0.1) is 17.9 Å². The van der Waals surface area contributed by atoms with Gasteiger partial charge in [0.1, 0.15) is 12.4 Å². The number of thioether (sulfide) groups is 1. The van der Waals surface area contributed by atoms with Crippen molar-refractivity contribution in [2.75, 3.05) is 12.4 Å². The molecule has 9 nitrogen and oxygen atoms in total. The molecule has 1 aromatic heterocycles. The third-order valence-electron chi connectivity index (χ3n) is 4.24. The fourth-order valence-corrected chi connectivity index (χ4v) is 3.81. The van der Waals surface area contributed by atoms with E-state index in [1.807, 2.05) is 35.8 Å². The Morgan fingerprint density at radius 3 is 2.68 bits per heavy atom. The molecule has 34 heavy (non-hydrogen) atoms. The number of aliphatic carboxylic acids is 1. The molecule has 0 saturated carbocycles. The van der Waals surface area contributed by atoms with Gasteiger partial charge in [0, 0.05) is 22.1 Å². The Labute approximate surface area is 209 Å². The minimum Gasteiger partial charge on any atom is -0.546 e. The number of benzene rings is 2. The molecule has 2 aromatic carbocycles. The number of nitrogens with zero attached hydrogens (tertiary/aromatic N) is 4. The number of nitrogens with one attached hydrogen (secondary N) is 1. The molecule has 11 heteroatoms. The van der Waals surface area contributed by atoms with Crippen LogP contribution >= 0.6 is 27.7 Å². The lowest BCUT2D eigenvalue weighted by molar-refractivity contribution is -0.307. The van der Waals surface area contributed by atoms with Crippen molar-refractivity contribution >= 4 is 45.8 Å². The molecule has 3 rings (SSSR count). The second-order valence-electron chi connectivity index (χ2n) is 7.14. The number of halogens is 1. The number of carboxylic acid groups (broad SMARTS) is 1. The van der Waals surface area contributed by atoms with Crippen molar-refractivity contribution in [2.45, 2.75) is 18.6 Å². The number of aromatic nitrogens is 3. The van der Waals surface area contributed by atoms with E-state index in [4.69, 9.17) is 4.74 Å². The van der Waals surface area contributed by atoms with E-state index in [1.165, 1.54) is 18.0 Å². The number of hydrogen-bond acceptors (Lipinski definition) is 8. The van der Waals surface area contributed by atoms with Crippen LogP contribution in [0, 0.1) is 0 Å². The number of hydrogen-bond donors (Lipinski definition) is 1. The summed E-state index contributed by atoms with van der Waals surface area (Å²) in [5, 5.41) is 23.7. The zero-order chi connectivity index (χ0) is 24.5. The summed E-state index contributed by atoms with van der Waals surface area (Å²) in [7, 11) is 0. The van der Waals surface area contributed by atoms with Crippen LogP contribution in [0.4, 0.5) is 0 Å². The van der Waals surface area contributed by atoms with Gasteiger partial charge in [-0.2, -0.15) is 5.10 Å². The third kappa shape index (κ3) is 7.29. The number of carboxylic acids is 1. The van der Waals surface area contributed by atoms with Gasteiger partial charge in [-0.05, 0) is 31.2 Å². The van der Waals surface area contributed by atoms with Crippen molar-refractivity contribution in [1.82, 2.24) is 20.2 Å². The van der Waals surface area contributed by atoms with Gasteiger partial charge in [-0.1, -0.05) is 64.1 Å². The summed E-state index contributed by atoms with van der Waals surface area (Å²) >= 11 is 4.66. The standard InChI is InChI=1S/C23H22BrN5O4S/c1-15(2)12-29-22(16-7-9-18(24)10-8-16)27-28-23(29)34-14-20(30)26-25-11-17-5-3-4-6-19(17)33-13-21(31)32/h3-11H,1,12-14H2,2H3,(H,26,30)(H,31,32)/p-1/b25-11-. The summed E-state index contributed by atoms with van der Waals surface area (Å²) in [6, 6.07) is 14.4. The van der Waals surface area contributed by atoms with Crippen LogP contribution in [0.5, 0.6) is 5.75 Å². The molecule has 3 aromatic rings. The Hall–Kier alpha value is -3.44. The Bertz CT molecular complexity index is 1210. The molecule has 0 radical (unpaired) electrons. The molecular weight excluding hydrogens is 522 g/mol. The molecule has 1 N–H and O–H groups in total. The molecule has 0 unspecified atom stereocenters. The maximum absolute atomic E-state index is 12.3. The van der Waals surface area contributed by atoms with E-state index in [2.05, 4.69) is 43.2 Å². The van der Waals surface area contributed by atoms with E-state index in [0.29, 0.717) is 28.8 Å². The normalized spacial score (nSPS) is 10.9. The Morgan fingerprint density at radius 2 is 1.97 bits per heavy atom. The van der Waals surface area contributed by atoms with Crippen LogP contribution in [0.15, 0.2) is 75.4 Å². The first kappa shape index (κ1) is 25.2. The number of carbonyl (C=O) groups excluding carboxylic acids is 2. The smallest absolute Gasteiger partial charge is 0.250 e. The molecule has 0 aliphatic heterocycles. The molecule has 0 aliphatic rings. The van der Waals surface area contributed by atoms with Crippen LogP contribution in [0.2, 0.25) is 0 Å². The maximum Gasteiger partial charge on any atom is 0.250 e. The molecule has 176 valence electrons. The highest BCUT2D eigenvalue weighted by molar-refractivity contribution is 9.10. The topological polar surface area (TPSA) is 122 Å². The summed E-state index contributed by atoms with van der Waals surface area (Å²) in [4.78, 5) is 22.9. The molecule has 0 atom stereocenters. The molecule has 1 amide bonds. The number of carbonyl (C=O) groups is 2. The first-order chi connectivity index (χ1) is 16.3. The molecule has 0 saturated heterocycles. The minimum atomic E-state index is -1.33. The fraction of sp³-hybridized carbons (Fsp3) is 0.174. The van der Waals surface area contributed by atoms with Gasteiger partial charge in [0.25, 0.3) is 5.91 Å². The Balaban J connectivity index is 1.63. The van der Waals surface area contributed by atoms with Crippen molar-refractivity contribution in [1.29, 1.82) is 0 Å². The van der Waals surface area contributed by atoms with Gasteiger partial charge in [0.15, 0.2) is 11.0 Å². The highest BCUT2D eigenvalue weighted by Gasteiger charge is 2.16. The maximum atomic E-state index is 12.3. The van der Waals surface area contributed by atoms with Crippen molar-refractivity contribution < 1.29 is 19.4 Å². The van der Waals surface area contributed by atoms with Crippen LogP contribution in [0.1, 0.15) is 12.5 Å². The van der Waals surface area contributed by atoms with Crippen molar-refractivity contribution in [3.05, 3.63) is 70.7 Å². The lowest BCUT2D eigenvalue weighted by Crippen LogP contribution is -2.29. The Morgan fingerprint density at radius 1 is 1.24 bits per heavy atom. The van der Waals surface area contributed by atoms with Gasteiger partial charge in [-0.25, -0.2) is 5.43 Å². The zero-order valence-corrected chi connectivity index (χ0v) is 20.6. The monoisotopic (exact) mass is 542 g/mol. The van der Waals surface area contributed by atoms with E-state index < -0.39 is 12.6 Å². The van der Waals surface area contributed by atoms with E-state index in [0.717, 1.165) is 15.6 Å². The average molecular weight is 543 g/mol. The van der Waals surface area contributed by atoms with Crippen LogP contribution in [-0.2, 0) is 16.1 Å². The molecular formula is C23H21BrN5O4S-. The van der Waals surface area contributed by atoms with Crippen LogP contribution in [-0.4, -0.2) is 45.2 Å². The van der Waals surface area contributed by atoms with Crippen molar-refractivity contribution in [3.8, 4) is 17.1 Å². The highest BCUT2D eigenvalue weighted by Crippen LogP contribution is 2.26. The molecule has 0 bridgehead atoms. The lowest BCUT2D eigenvalue weighted by Gasteiger charge is -2.10. The first-order valence-corrected chi connectivity index (χ1v) is 11.8. The SMILES string of the molecule is C=C(C)Cn1c(SCC(=O)N/N=C\c2ccccc2OCC(=O)[O-])nnc1-c1ccc(Br)cc1. The third-order valence-corrected chi connectivity index (χ3v) is 5.73. The summed E-state index contributed by atoms with van der Waals surface area (Å²) in [6.07, 6.45) is 1.38. The predicted molar refractivity (Wildman–Crippen MR) is 131 cm³/mol. The number of hydrazone groups is 1. The van der Waals surface area contributed by atoms with Gasteiger partial charge in [-0.3, -0.25) is 9.36 Å². The number of amides is 1. The van der Waals surface area contributed by atoms with E-state index in [1.54, 1.807) is 24.3 Å². The molecule has 0 spiro atoms. The highest BCUT2D eigenvalue weighted by atomic mass is 79.9. The zero-order valence-electron chi connectivity index (χ0n) is 18.2. The van der Waals surface area contributed by atoms with Gasteiger partial charge in [-0.15, -0.1) is 10.2 Å². The van der Waals surface area contributed by atoms with E-state index in [-0.39, 0.29) is 11.7 Å². The number of rotatable bonds is 11. The average Bonchev–Trinajstić information content (AvgIpc) is 3.19. The second kappa shape index (κ2) is 12.1. The summed E-state index contributed by atoms with van der Waals surface area (Å²) in [6.45, 7) is 5.82. The van der Waals surface area contributed by atoms with Gasteiger partial charge < -0.3 is 14.6 Å². The number of ether oxygens (including phenoxy) is 1. The second-order valence-corrected chi connectivity index (χ2v) is 8.99. The molecule has 0 aliphatic carbocycles. The largest absolute Gasteiger partial charge is 0.546 e. The predicted octanol–water partition coefficient (Wildman–Crippen LogP) is 2.65. The van der Waals surface area contributed by atoms with Gasteiger partial charge in [0.2, 0.25) is 0 Å². The lowest BCUT2D eigenvalue weighted by atomic mass is 10.2. The van der Waals surface area contributed by atoms with Crippen LogP contribution < -0.4 is 15.3 Å². The quantitative estimate of drug-likeness (QED) is 0.171. The Kier molecular flexibility index (Phi) is 9.00. The number of para-hydroxylation sites is 1. The number of allylic oxidation sites excluding steroid dienone is 1. The summed E-state index contributed by atoms with van der Waals surface area (Å²) in [5.74, 6) is -0.615. The fourth-order valence-electron chi connectivity index (χ4n) is 2.81. The summed E-state index contributed by atoms with van der Waals surface area (Å²) in [5.41, 5.74) is 4.78. The van der Waals surface area contributed by atoms with Crippen molar-refractivity contribution in [2.24, 2.45) is 5.10 Å². The molecule has 1 heterocycles. The van der Waals surface area contributed by atoms with Crippen molar-refractivity contribution in [3.63, 3.8) is 0 Å². The van der Waals surface area contributed by atoms with Crippen LogP contribution in [0.3, 0.4) is 0 Å².